The highest BCUT2D eigenvalue weighted by Gasteiger charge is 2.01. The van der Waals surface area contributed by atoms with Crippen molar-refractivity contribution in [1.82, 2.24) is 9.78 Å². The van der Waals surface area contributed by atoms with Crippen LogP contribution in [-0.2, 0) is 13.1 Å². The number of aromatic nitrogens is 2. The normalized spacial score (nSPS) is 9.41. The Bertz CT molecular complexity index is 510. The molecule has 2 N–H and O–H groups in total. The molecule has 0 aliphatic rings. The zero-order chi connectivity index (χ0) is 11.4. The monoisotopic (exact) mass is 248 g/mol. The van der Waals surface area contributed by atoms with Gasteiger partial charge in [-0.15, -0.1) is 12.4 Å². The van der Waals surface area contributed by atoms with E-state index in [1.54, 1.807) is 10.9 Å². The predicted octanol–water partition coefficient (Wildman–Crippen LogP) is 1.95. The molecule has 0 saturated carbocycles. The van der Waals surface area contributed by atoms with Gasteiger partial charge in [-0.2, -0.15) is 10.4 Å². The van der Waals surface area contributed by atoms with Crippen molar-refractivity contribution in [2.75, 3.05) is 0 Å². The molecule has 0 spiro atoms. The number of nitriles is 1. The molecule has 17 heavy (non-hydrogen) atoms. The molecule has 0 aliphatic carbocycles. The zero-order valence-electron chi connectivity index (χ0n) is 9.21. The van der Waals surface area contributed by atoms with E-state index in [0.29, 0.717) is 6.54 Å². The van der Waals surface area contributed by atoms with E-state index in [-0.39, 0.29) is 19.0 Å². The van der Waals surface area contributed by atoms with Crippen molar-refractivity contribution < 1.29 is 0 Å². The third kappa shape index (κ3) is 3.06. The standard InChI is InChI=1S/C12H12N4.ClH/c13-5-6-16-9-12(8-15-16)11-3-1-10(7-14)2-4-11;/h1-4,8-9H,6-7,14H2;1H. The molecule has 2 aromatic rings. The number of hydrogen-bond donors (Lipinski definition) is 1. The average molecular weight is 249 g/mol. The number of hydrogen-bond acceptors (Lipinski definition) is 3. The maximum Gasteiger partial charge on any atom is 0.128 e. The van der Waals surface area contributed by atoms with Crippen LogP contribution in [0, 0.1) is 11.3 Å². The summed E-state index contributed by atoms with van der Waals surface area (Å²) in [7, 11) is 0. The highest BCUT2D eigenvalue weighted by atomic mass is 35.5. The Labute approximate surface area is 106 Å². The summed E-state index contributed by atoms with van der Waals surface area (Å²) in [6.45, 7) is 0.828. The molecule has 0 bridgehead atoms. The lowest BCUT2D eigenvalue weighted by molar-refractivity contribution is 0.710. The summed E-state index contributed by atoms with van der Waals surface area (Å²) in [6.07, 6.45) is 3.62. The van der Waals surface area contributed by atoms with Gasteiger partial charge in [-0.3, -0.25) is 4.68 Å². The fraction of sp³-hybridized carbons (Fsp3) is 0.167. The second kappa shape index (κ2) is 6.04. The van der Waals surface area contributed by atoms with E-state index in [1.807, 2.05) is 30.5 Å². The van der Waals surface area contributed by atoms with Gasteiger partial charge in [0.2, 0.25) is 0 Å². The van der Waals surface area contributed by atoms with Gasteiger partial charge in [0.05, 0.1) is 12.3 Å². The third-order valence-corrected chi connectivity index (χ3v) is 2.39. The highest BCUT2D eigenvalue weighted by Crippen LogP contribution is 2.18. The number of rotatable bonds is 3. The van der Waals surface area contributed by atoms with Crippen molar-refractivity contribution in [3.05, 3.63) is 42.2 Å². The molecule has 5 heteroatoms. The van der Waals surface area contributed by atoms with Crippen LogP contribution in [0.2, 0.25) is 0 Å². The lowest BCUT2D eigenvalue weighted by atomic mass is 10.1. The SMILES string of the molecule is Cl.N#CCn1cc(-c2ccc(CN)cc2)cn1. The Morgan fingerprint density at radius 3 is 2.53 bits per heavy atom. The maximum absolute atomic E-state index is 8.54. The molecule has 1 heterocycles. The molecule has 4 nitrogen and oxygen atoms in total. The smallest absolute Gasteiger partial charge is 0.128 e. The molecule has 0 saturated heterocycles. The van der Waals surface area contributed by atoms with Gasteiger partial charge in [0.25, 0.3) is 0 Å². The molecule has 0 fully saturated rings. The summed E-state index contributed by atoms with van der Waals surface area (Å²) < 4.78 is 1.62. The molecule has 0 aliphatic heterocycles. The number of nitrogens with two attached hydrogens (primary N) is 1. The Hall–Kier alpha value is -1.83. The molecule has 0 atom stereocenters. The van der Waals surface area contributed by atoms with Gasteiger partial charge in [-0.1, -0.05) is 24.3 Å². The number of halogens is 1. The van der Waals surface area contributed by atoms with Crippen molar-refractivity contribution in [2.24, 2.45) is 5.73 Å². The van der Waals surface area contributed by atoms with Gasteiger partial charge < -0.3 is 5.73 Å². The lowest BCUT2D eigenvalue weighted by Gasteiger charge is -1.99. The topological polar surface area (TPSA) is 67.6 Å². The van der Waals surface area contributed by atoms with Crippen molar-refractivity contribution in [2.45, 2.75) is 13.1 Å². The lowest BCUT2D eigenvalue weighted by Crippen LogP contribution is -1.95. The van der Waals surface area contributed by atoms with Crippen molar-refractivity contribution >= 4 is 12.4 Å². The third-order valence-electron chi connectivity index (χ3n) is 2.39. The van der Waals surface area contributed by atoms with Gasteiger partial charge in [-0.25, -0.2) is 0 Å². The summed E-state index contributed by atoms with van der Waals surface area (Å²) in [5, 5.41) is 12.6. The van der Waals surface area contributed by atoms with Gasteiger partial charge in [0.15, 0.2) is 0 Å². The summed E-state index contributed by atoms with van der Waals surface area (Å²) >= 11 is 0. The quantitative estimate of drug-likeness (QED) is 0.903. The van der Waals surface area contributed by atoms with E-state index >= 15 is 0 Å². The Morgan fingerprint density at radius 2 is 1.94 bits per heavy atom. The average Bonchev–Trinajstić information content (AvgIpc) is 2.78. The molecular weight excluding hydrogens is 236 g/mol. The molecule has 1 aromatic heterocycles. The van der Waals surface area contributed by atoms with Crippen LogP contribution in [0.25, 0.3) is 11.1 Å². The summed E-state index contributed by atoms with van der Waals surface area (Å²) in [5.41, 5.74) is 8.73. The van der Waals surface area contributed by atoms with Gasteiger partial charge in [0, 0.05) is 18.3 Å². The second-order valence-electron chi connectivity index (χ2n) is 3.49. The van der Waals surface area contributed by atoms with Crippen molar-refractivity contribution in [1.29, 1.82) is 5.26 Å². The first kappa shape index (κ1) is 13.2. The minimum atomic E-state index is 0. The van der Waals surface area contributed by atoms with E-state index in [4.69, 9.17) is 11.0 Å². The van der Waals surface area contributed by atoms with Crippen LogP contribution in [0.15, 0.2) is 36.7 Å². The highest BCUT2D eigenvalue weighted by molar-refractivity contribution is 5.85. The minimum Gasteiger partial charge on any atom is -0.326 e. The van der Waals surface area contributed by atoms with Gasteiger partial charge >= 0.3 is 0 Å². The fourth-order valence-corrected chi connectivity index (χ4v) is 1.50. The van der Waals surface area contributed by atoms with E-state index in [9.17, 15) is 0 Å². The Kier molecular flexibility index (Phi) is 4.70. The molecule has 0 unspecified atom stereocenters. The molecular formula is C12H13ClN4. The molecule has 0 amide bonds. The van der Waals surface area contributed by atoms with Gasteiger partial charge in [0.1, 0.15) is 6.54 Å². The maximum atomic E-state index is 8.54. The summed E-state index contributed by atoms with van der Waals surface area (Å²) in [6, 6.07) is 10.1. The summed E-state index contributed by atoms with van der Waals surface area (Å²) in [5.74, 6) is 0. The molecule has 1 aromatic carbocycles. The van der Waals surface area contributed by atoms with E-state index in [0.717, 1.165) is 16.7 Å². The van der Waals surface area contributed by atoms with E-state index in [1.165, 1.54) is 0 Å². The largest absolute Gasteiger partial charge is 0.326 e. The Balaban J connectivity index is 0.00000144. The van der Waals surface area contributed by atoms with Crippen LogP contribution in [0.3, 0.4) is 0 Å². The van der Waals surface area contributed by atoms with Crippen molar-refractivity contribution in [3.63, 3.8) is 0 Å². The van der Waals surface area contributed by atoms with Crippen LogP contribution < -0.4 is 5.73 Å². The first-order valence-electron chi connectivity index (χ1n) is 5.02. The van der Waals surface area contributed by atoms with Crippen LogP contribution in [0.1, 0.15) is 5.56 Å². The zero-order valence-corrected chi connectivity index (χ0v) is 10.0. The Morgan fingerprint density at radius 1 is 1.24 bits per heavy atom. The first-order valence-corrected chi connectivity index (χ1v) is 5.02. The second-order valence-corrected chi connectivity index (χ2v) is 3.49. The van der Waals surface area contributed by atoms with Crippen LogP contribution >= 0.6 is 12.4 Å². The van der Waals surface area contributed by atoms with E-state index < -0.39 is 0 Å². The molecule has 88 valence electrons. The predicted molar refractivity (Wildman–Crippen MR) is 68.4 cm³/mol. The van der Waals surface area contributed by atoms with Crippen molar-refractivity contribution in [3.8, 4) is 17.2 Å². The van der Waals surface area contributed by atoms with Crippen LogP contribution in [-0.4, -0.2) is 9.78 Å². The van der Waals surface area contributed by atoms with Crippen LogP contribution in [0.4, 0.5) is 0 Å². The summed E-state index contributed by atoms with van der Waals surface area (Å²) in [4.78, 5) is 0. The van der Waals surface area contributed by atoms with Crippen LogP contribution in [0.5, 0.6) is 0 Å². The number of benzene rings is 1. The minimum absolute atomic E-state index is 0. The number of nitrogens with zero attached hydrogens (tertiary/aromatic N) is 3. The van der Waals surface area contributed by atoms with Gasteiger partial charge in [-0.05, 0) is 11.1 Å². The van der Waals surface area contributed by atoms with E-state index in [2.05, 4.69) is 11.2 Å². The molecule has 0 radical (unpaired) electrons. The first-order chi connectivity index (χ1) is 7.83. The fourth-order valence-electron chi connectivity index (χ4n) is 1.50. The molecule has 2 rings (SSSR count).